The molecule has 0 radical (unpaired) electrons. The van der Waals surface area contributed by atoms with Crippen molar-refractivity contribution >= 4 is 17.5 Å². The minimum atomic E-state index is -0.0649. The molecule has 0 bridgehead atoms. The molecule has 1 aromatic rings. The fourth-order valence-electron chi connectivity index (χ4n) is 3.87. The third-order valence-electron chi connectivity index (χ3n) is 5.46. The molecule has 0 aromatic carbocycles. The van der Waals surface area contributed by atoms with Gasteiger partial charge in [0, 0.05) is 25.7 Å². The van der Waals surface area contributed by atoms with Crippen LogP contribution in [0.5, 0.6) is 0 Å². The molecule has 1 saturated carbocycles. The smallest absolute Gasteiger partial charge is 0.244 e. The summed E-state index contributed by atoms with van der Waals surface area (Å²) in [7, 11) is 0. The van der Waals surface area contributed by atoms with E-state index in [9.17, 15) is 9.59 Å². The normalized spacial score (nSPS) is 20.0. The highest BCUT2D eigenvalue weighted by molar-refractivity contribution is 5.91. The van der Waals surface area contributed by atoms with Crippen molar-refractivity contribution in [2.75, 3.05) is 38.2 Å². The van der Waals surface area contributed by atoms with E-state index in [0.717, 1.165) is 25.7 Å². The van der Waals surface area contributed by atoms with E-state index in [-0.39, 0.29) is 23.8 Å². The average Bonchev–Trinajstić information content (AvgIpc) is 3.09. The molecule has 3 rings (SSSR count). The van der Waals surface area contributed by atoms with E-state index in [1.165, 1.54) is 6.42 Å². The van der Waals surface area contributed by atoms with Crippen LogP contribution in [0.15, 0.2) is 12.4 Å². The van der Waals surface area contributed by atoms with Gasteiger partial charge in [0.25, 0.3) is 0 Å². The second kappa shape index (κ2) is 8.64. The lowest BCUT2D eigenvalue weighted by atomic mass is 9.71. The summed E-state index contributed by atoms with van der Waals surface area (Å²) in [6.45, 7) is 3.11. The number of morpholine rings is 1. The van der Waals surface area contributed by atoms with Crippen LogP contribution in [0, 0.1) is 5.41 Å². The molecular weight excluding hydrogens is 334 g/mol. The highest BCUT2D eigenvalue weighted by atomic mass is 16.5. The Morgan fingerprint density at radius 1 is 1.23 bits per heavy atom. The Bertz CT molecular complexity index is 618. The predicted molar refractivity (Wildman–Crippen MR) is 97.4 cm³/mol. The number of nitrogens with one attached hydrogen (secondary N) is 1. The van der Waals surface area contributed by atoms with Gasteiger partial charge in [0.1, 0.15) is 6.54 Å². The Morgan fingerprint density at radius 3 is 2.65 bits per heavy atom. The standard InChI is InChI=1S/C18H29N5O3/c19-14-18(4-2-1-3-5-18)10-16(24)21-15-11-20-23(12-15)13-17(25)22-6-8-26-9-7-22/h11-12H,1-10,13-14,19H2,(H,21,24). The van der Waals surface area contributed by atoms with Crippen molar-refractivity contribution in [1.29, 1.82) is 0 Å². The highest BCUT2D eigenvalue weighted by Gasteiger charge is 2.33. The number of carbonyl (C=O) groups is 2. The van der Waals surface area contributed by atoms with Gasteiger partial charge < -0.3 is 20.7 Å². The fourth-order valence-corrected chi connectivity index (χ4v) is 3.87. The molecule has 1 aliphatic carbocycles. The molecule has 8 nitrogen and oxygen atoms in total. The van der Waals surface area contributed by atoms with Gasteiger partial charge in [0.2, 0.25) is 11.8 Å². The predicted octanol–water partition coefficient (Wildman–Crippen LogP) is 0.980. The second-order valence-electron chi connectivity index (χ2n) is 7.41. The Morgan fingerprint density at radius 2 is 1.96 bits per heavy atom. The van der Waals surface area contributed by atoms with Crippen molar-refractivity contribution in [3.63, 3.8) is 0 Å². The average molecular weight is 363 g/mol. The Balaban J connectivity index is 1.51. The number of nitrogens with two attached hydrogens (primary N) is 1. The second-order valence-corrected chi connectivity index (χ2v) is 7.41. The van der Waals surface area contributed by atoms with Crippen LogP contribution in [0.25, 0.3) is 0 Å². The van der Waals surface area contributed by atoms with Gasteiger partial charge >= 0.3 is 0 Å². The molecule has 26 heavy (non-hydrogen) atoms. The SMILES string of the molecule is NCC1(CC(=O)Nc2cnn(CC(=O)N3CCOCC3)c2)CCCCC1. The number of carbonyl (C=O) groups excluding carboxylic acids is 2. The highest BCUT2D eigenvalue weighted by Crippen LogP contribution is 2.38. The van der Waals surface area contributed by atoms with Gasteiger partial charge in [-0.15, -0.1) is 0 Å². The van der Waals surface area contributed by atoms with Gasteiger partial charge in [-0.2, -0.15) is 5.10 Å². The Kier molecular flexibility index (Phi) is 6.26. The Labute approximate surface area is 154 Å². The number of aromatic nitrogens is 2. The summed E-state index contributed by atoms with van der Waals surface area (Å²) >= 11 is 0. The van der Waals surface area contributed by atoms with E-state index in [0.29, 0.717) is 45.0 Å². The van der Waals surface area contributed by atoms with Crippen molar-refractivity contribution in [1.82, 2.24) is 14.7 Å². The first-order chi connectivity index (χ1) is 12.6. The van der Waals surface area contributed by atoms with Gasteiger partial charge in [0.15, 0.2) is 0 Å². The first-order valence-electron chi connectivity index (χ1n) is 9.48. The molecule has 2 amide bonds. The van der Waals surface area contributed by atoms with E-state index in [4.69, 9.17) is 10.5 Å². The summed E-state index contributed by atoms with van der Waals surface area (Å²) in [5.74, 6) is -0.0185. The van der Waals surface area contributed by atoms with Gasteiger partial charge in [-0.25, -0.2) is 0 Å². The van der Waals surface area contributed by atoms with E-state index in [1.54, 1.807) is 22.0 Å². The molecule has 0 spiro atoms. The molecule has 1 aromatic heterocycles. The van der Waals surface area contributed by atoms with Crippen molar-refractivity contribution in [2.45, 2.75) is 45.1 Å². The van der Waals surface area contributed by atoms with Gasteiger partial charge in [-0.05, 0) is 24.8 Å². The summed E-state index contributed by atoms with van der Waals surface area (Å²) in [5.41, 5.74) is 6.52. The lowest BCUT2D eigenvalue weighted by molar-refractivity contribution is -0.136. The summed E-state index contributed by atoms with van der Waals surface area (Å²) < 4.78 is 6.82. The van der Waals surface area contributed by atoms with Crippen LogP contribution in [0.3, 0.4) is 0 Å². The maximum absolute atomic E-state index is 12.4. The zero-order valence-electron chi connectivity index (χ0n) is 15.3. The molecule has 0 atom stereocenters. The van der Waals surface area contributed by atoms with Gasteiger partial charge in [0.05, 0.1) is 25.1 Å². The summed E-state index contributed by atoms with van der Waals surface area (Å²) in [6.07, 6.45) is 9.29. The van der Waals surface area contributed by atoms with Crippen LogP contribution in [0.2, 0.25) is 0 Å². The summed E-state index contributed by atoms with van der Waals surface area (Å²) in [5, 5.41) is 7.09. The molecule has 3 N–H and O–H groups in total. The maximum Gasteiger partial charge on any atom is 0.244 e. The van der Waals surface area contributed by atoms with E-state index in [1.807, 2.05) is 0 Å². The van der Waals surface area contributed by atoms with Crippen molar-refractivity contribution in [3.8, 4) is 0 Å². The lowest BCUT2D eigenvalue weighted by Gasteiger charge is -2.35. The molecule has 2 heterocycles. The quantitative estimate of drug-likeness (QED) is 0.784. The van der Waals surface area contributed by atoms with Crippen molar-refractivity contribution in [2.24, 2.45) is 11.1 Å². The zero-order valence-corrected chi connectivity index (χ0v) is 15.3. The van der Waals surface area contributed by atoms with Gasteiger partial charge in [-0.1, -0.05) is 19.3 Å². The Hall–Kier alpha value is -1.93. The maximum atomic E-state index is 12.4. The van der Waals surface area contributed by atoms with E-state index >= 15 is 0 Å². The number of hydrogen-bond donors (Lipinski definition) is 2. The monoisotopic (exact) mass is 363 g/mol. The number of rotatable bonds is 6. The summed E-state index contributed by atoms with van der Waals surface area (Å²) in [6, 6.07) is 0. The topological polar surface area (TPSA) is 102 Å². The minimum absolute atomic E-state index is 0.0126. The molecular formula is C18H29N5O3. The third-order valence-corrected chi connectivity index (χ3v) is 5.46. The fraction of sp³-hybridized carbons (Fsp3) is 0.722. The lowest BCUT2D eigenvalue weighted by Crippen LogP contribution is -2.42. The van der Waals surface area contributed by atoms with Crippen LogP contribution >= 0.6 is 0 Å². The van der Waals surface area contributed by atoms with Crippen molar-refractivity contribution in [3.05, 3.63) is 12.4 Å². The van der Waals surface area contributed by atoms with E-state index < -0.39 is 0 Å². The van der Waals surface area contributed by atoms with Crippen LogP contribution in [0.4, 0.5) is 5.69 Å². The van der Waals surface area contributed by atoms with Gasteiger partial charge in [-0.3, -0.25) is 14.3 Å². The molecule has 1 aliphatic heterocycles. The number of ether oxygens (including phenoxy) is 1. The zero-order chi connectivity index (χ0) is 18.4. The third kappa shape index (κ3) is 4.82. The molecule has 8 heteroatoms. The molecule has 144 valence electrons. The number of hydrogen-bond acceptors (Lipinski definition) is 5. The van der Waals surface area contributed by atoms with Crippen LogP contribution in [-0.2, 0) is 20.9 Å². The first-order valence-corrected chi connectivity index (χ1v) is 9.48. The molecule has 2 aliphatic rings. The molecule has 1 saturated heterocycles. The summed E-state index contributed by atoms with van der Waals surface area (Å²) in [4.78, 5) is 26.5. The molecule has 0 unspecified atom stereocenters. The largest absolute Gasteiger partial charge is 0.378 e. The minimum Gasteiger partial charge on any atom is -0.378 e. The van der Waals surface area contributed by atoms with Crippen molar-refractivity contribution < 1.29 is 14.3 Å². The molecule has 2 fully saturated rings. The van der Waals surface area contributed by atoms with Crippen LogP contribution in [-0.4, -0.2) is 59.3 Å². The van der Waals surface area contributed by atoms with Crippen LogP contribution < -0.4 is 11.1 Å². The number of nitrogens with zero attached hydrogens (tertiary/aromatic N) is 3. The number of anilines is 1. The van der Waals surface area contributed by atoms with Crippen LogP contribution in [0.1, 0.15) is 38.5 Å². The number of amides is 2. The van der Waals surface area contributed by atoms with E-state index in [2.05, 4.69) is 10.4 Å². The first kappa shape index (κ1) is 18.8.